The molecule has 0 amide bonds. The van der Waals surface area contributed by atoms with Crippen molar-refractivity contribution in [3.63, 3.8) is 0 Å². The lowest BCUT2D eigenvalue weighted by Gasteiger charge is -2.08. The lowest BCUT2D eigenvalue weighted by Crippen LogP contribution is -1.99. The van der Waals surface area contributed by atoms with Crippen LogP contribution in [0.5, 0.6) is 0 Å². The monoisotopic (exact) mass is 351 g/mol. The Morgan fingerprint density at radius 2 is 1.91 bits per heavy atom. The molecule has 2 heterocycles. The number of nitrogens with one attached hydrogen (secondary N) is 2. The number of nitrogens with zero attached hydrogens (tertiary/aromatic N) is 1. The van der Waals surface area contributed by atoms with Crippen molar-refractivity contribution in [3.8, 4) is 0 Å². The summed E-state index contributed by atoms with van der Waals surface area (Å²) in [6, 6.07) is 18.7. The molecule has 0 radical (unpaired) electrons. The summed E-state index contributed by atoms with van der Waals surface area (Å²) in [7, 11) is 0. The SMILES string of the molecule is Brc1ccc2[nH]c3nccc(NCc4ccccc4)c3c2c1. The summed E-state index contributed by atoms with van der Waals surface area (Å²) >= 11 is 3.55. The predicted molar refractivity (Wildman–Crippen MR) is 95.1 cm³/mol. The van der Waals surface area contributed by atoms with Crippen LogP contribution in [0.25, 0.3) is 21.9 Å². The first-order valence-electron chi connectivity index (χ1n) is 7.15. The van der Waals surface area contributed by atoms with Gasteiger partial charge in [-0.2, -0.15) is 0 Å². The molecule has 0 fully saturated rings. The smallest absolute Gasteiger partial charge is 0.140 e. The van der Waals surface area contributed by atoms with Crippen LogP contribution in [0.15, 0.2) is 65.3 Å². The van der Waals surface area contributed by atoms with Crippen molar-refractivity contribution >= 4 is 43.6 Å². The van der Waals surface area contributed by atoms with Gasteiger partial charge in [0.1, 0.15) is 5.65 Å². The molecule has 4 heteroatoms. The fourth-order valence-corrected chi connectivity index (χ4v) is 3.09. The van der Waals surface area contributed by atoms with Gasteiger partial charge in [0.15, 0.2) is 0 Å². The van der Waals surface area contributed by atoms with E-state index < -0.39 is 0 Å². The number of hydrogen-bond donors (Lipinski definition) is 2. The van der Waals surface area contributed by atoms with Crippen LogP contribution in [0.4, 0.5) is 5.69 Å². The second-order valence-corrected chi connectivity index (χ2v) is 6.15. The summed E-state index contributed by atoms with van der Waals surface area (Å²) in [6.45, 7) is 0.792. The summed E-state index contributed by atoms with van der Waals surface area (Å²) in [5.74, 6) is 0. The quantitative estimate of drug-likeness (QED) is 0.539. The number of anilines is 1. The van der Waals surface area contributed by atoms with E-state index in [0.717, 1.165) is 33.3 Å². The van der Waals surface area contributed by atoms with Crippen LogP contribution >= 0.6 is 15.9 Å². The molecule has 4 aromatic rings. The number of rotatable bonds is 3. The molecular formula is C18H14BrN3. The number of fused-ring (bicyclic) bond motifs is 3. The van der Waals surface area contributed by atoms with E-state index in [1.807, 2.05) is 24.4 Å². The van der Waals surface area contributed by atoms with Gasteiger partial charge in [0.25, 0.3) is 0 Å². The highest BCUT2D eigenvalue weighted by atomic mass is 79.9. The minimum Gasteiger partial charge on any atom is -0.380 e. The molecule has 2 aromatic heterocycles. The summed E-state index contributed by atoms with van der Waals surface area (Å²) in [5.41, 5.74) is 4.36. The van der Waals surface area contributed by atoms with Gasteiger partial charge in [-0.15, -0.1) is 0 Å². The highest BCUT2D eigenvalue weighted by Gasteiger charge is 2.10. The fourth-order valence-electron chi connectivity index (χ4n) is 2.73. The van der Waals surface area contributed by atoms with E-state index in [4.69, 9.17) is 0 Å². The standard InChI is InChI=1S/C18H14BrN3/c19-13-6-7-15-14(10-13)17-16(8-9-20-18(17)22-15)21-11-12-4-2-1-3-5-12/h1-10H,11H2,(H2,20,21,22). The van der Waals surface area contributed by atoms with E-state index in [9.17, 15) is 0 Å². The molecular weight excluding hydrogens is 338 g/mol. The normalized spacial score (nSPS) is 11.1. The first-order chi connectivity index (χ1) is 10.8. The first kappa shape index (κ1) is 13.3. The second-order valence-electron chi connectivity index (χ2n) is 5.24. The Morgan fingerprint density at radius 1 is 1.05 bits per heavy atom. The van der Waals surface area contributed by atoms with Gasteiger partial charge in [-0.1, -0.05) is 46.3 Å². The molecule has 0 saturated heterocycles. The van der Waals surface area contributed by atoms with Crippen molar-refractivity contribution < 1.29 is 0 Å². The lowest BCUT2D eigenvalue weighted by molar-refractivity contribution is 1.15. The lowest BCUT2D eigenvalue weighted by atomic mass is 10.1. The Hall–Kier alpha value is -2.33. The molecule has 0 aliphatic carbocycles. The number of aromatic nitrogens is 2. The maximum absolute atomic E-state index is 4.45. The highest BCUT2D eigenvalue weighted by molar-refractivity contribution is 9.10. The van der Waals surface area contributed by atoms with Crippen molar-refractivity contribution in [1.29, 1.82) is 0 Å². The molecule has 0 bridgehead atoms. The van der Waals surface area contributed by atoms with Crippen molar-refractivity contribution in [1.82, 2.24) is 9.97 Å². The van der Waals surface area contributed by atoms with Crippen LogP contribution in [0.2, 0.25) is 0 Å². The molecule has 0 aliphatic rings. The topological polar surface area (TPSA) is 40.7 Å². The van der Waals surface area contributed by atoms with Gasteiger partial charge >= 0.3 is 0 Å². The van der Waals surface area contributed by atoms with Crippen LogP contribution in [0.1, 0.15) is 5.56 Å². The van der Waals surface area contributed by atoms with E-state index >= 15 is 0 Å². The fraction of sp³-hybridized carbons (Fsp3) is 0.0556. The van der Waals surface area contributed by atoms with E-state index in [2.05, 4.69) is 67.6 Å². The van der Waals surface area contributed by atoms with Crippen molar-refractivity contribution in [3.05, 3.63) is 70.8 Å². The largest absolute Gasteiger partial charge is 0.380 e. The van der Waals surface area contributed by atoms with Gasteiger partial charge in [-0.25, -0.2) is 4.98 Å². The zero-order chi connectivity index (χ0) is 14.9. The Morgan fingerprint density at radius 3 is 2.77 bits per heavy atom. The molecule has 0 atom stereocenters. The van der Waals surface area contributed by atoms with Gasteiger partial charge in [0.2, 0.25) is 0 Å². The predicted octanol–water partition coefficient (Wildman–Crippen LogP) is 5.09. The van der Waals surface area contributed by atoms with Gasteiger partial charge < -0.3 is 10.3 Å². The van der Waals surface area contributed by atoms with Crippen LogP contribution < -0.4 is 5.32 Å². The van der Waals surface area contributed by atoms with Gasteiger partial charge in [0.05, 0.1) is 0 Å². The van der Waals surface area contributed by atoms with Crippen molar-refractivity contribution in [2.45, 2.75) is 6.54 Å². The minimum atomic E-state index is 0.792. The first-order valence-corrected chi connectivity index (χ1v) is 7.94. The Labute approximate surface area is 136 Å². The van der Waals surface area contributed by atoms with Gasteiger partial charge in [-0.3, -0.25) is 0 Å². The summed E-state index contributed by atoms with van der Waals surface area (Å²) < 4.78 is 1.07. The Balaban J connectivity index is 1.80. The van der Waals surface area contributed by atoms with Crippen LogP contribution in [-0.4, -0.2) is 9.97 Å². The second kappa shape index (κ2) is 5.46. The number of H-pyrrole nitrogens is 1. The molecule has 108 valence electrons. The molecule has 3 nitrogen and oxygen atoms in total. The van der Waals surface area contributed by atoms with E-state index in [-0.39, 0.29) is 0 Å². The van der Waals surface area contributed by atoms with Crippen LogP contribution in [0.3, 0.4) is 0 Å². The summed E-state index contributed by atoms with van der Waals surface area (Å²) in [4.78, 5) is 7.82. The van der Waals surface area contributed by atoms with Crippen LogP contribution in [0, 0.1) is 0 Å². The Bertz CT molecular complexity index is 945. The molecule has 2 N–H and O–H groups in total. The molecule has 0 saturated carbocycles. The zero-order valence-electron chi connectivity index (χ0n) is 11.8. The maximum Gasteiger partial charge on any atom is 0.140 e. The molecule has 0 unspecified atom stereocenters. The number of hydrogen-bond acceptors (Lipinski definition) is 2. The zero-order valence-corrected chi connectivity index (χ0v) is 13.4. The van der Waals surface area contributed by atoms with E-state index in [1.54, 1.807) is 0 Å². The summed E-state index contributed by atoms with van der Waals surface area (Å²) in [6.07, 6.45) is 1.83. The molecule has 4 rings (SSSR count). The van der Waals surface area contributed by atoms with Crippen molar-refractivity contribution in [2.75, 3.05) is 5.32 Å². The molecule has 0 aliphatic heterocycles. The molecule has 22 heavy (non-hydrogen) atoms. The highest BCUT2D eigenvalue weighted by Crippen LogP contribution is 2.32. The number of aromatic amines is 1. The van der Waals surface area contributed by atoms with Crippen LogP contribution in [-0.2, 0) is 6.54 Å². The molecule has 2 aromatic carbocycles. The third kappa shape index (κ3) is 2.35. The molecule has 0 spiro atoms. The number of benzene rings is 2. The van der Waals surface area contributed by atoms with E-state index in [1.165, 1.54) is 10.9 Å². The maximum atomic E-state index is 4.45. The van der Waals surface area contributed by atoms with Crippen molar-refractivity contribution in [2.24, 2.45) is 0 Å². The van der Waals surface area contributed by atoms with Gasteiger partial charge in [0, 0.05) is 39.2 Å². The third-order valence-electron chi connectivity index (χ3n) is 3.78. The third-order valence-corrected chi connectivity index (χ3v) is 4.27. The van der Waals surface area contributed by atoms with E-state index in [0.29, 0.717) is 0 Å². The average molecular weight is 352 g/mol. The van der Waals surface area contributed by atoms with Gasteiger partial charge in [-0.05, 0) is 29.8 Å². The number of halogens is 1. The number of pyridine rings is 1. The Kier molecular flexibility index (Phi) is 3.31. The average Bonchev–Trinajstić information content (AvgIpc) is 2.92. The summed E-state index contributed by atoms with van der Waals surface area (Å²) in [5, 5.41) is 5.83. The minimum absolute atomic E-state index is 0.792.